The molecule has 0 fully saturated rings. The van der Waals surface area contributed by atoms with Gasteiger partial charge in [-0.25, -0.2) is 0 Å². The van der Waals surface area contributed by atoms with Crippen LogP contribution in [0.4, 0.5) is 0 Å². The molecule has 0 N–H and O–H groups in total. The molecular weight excluding hydrogens is 499 g/mol. The van der Waals surface area contributed by atoms with Gasteiger partial charge in [0, 0.05) is 0 Å². The third-order valence-corrected chi connectivity index (χ3v) is 10.8. The highest BCUT2D eigenvalue weighted by Gasteiger charge is 2.19. The molecule has 0 radical (unpaired) electrons. The summed E-state index contributed by atoms with van der Waals surface area (Å²) >= 11 is 0. The van der Waals surface area contributed by atoms with Gasteiger partial charge in [0.25, 0.3) is 0 Å². The van der Waals surface area contributed by atoms with Gasteiger partial charge in [-0.1, -0.05) is 202 Å². The predicted octanol–water partition coefficient (Wildman–Crippen LogP) is 15.3. The van der Waals surface area contributed by atoms with Crippen LogP contribution in [0, 0.1) is 0 Å². The molecule has 0 unspecified atom stereocenters. The Morgan fingerprint density at radius 2 is 0.575 bits per heavy atom. The van der Waals surface area contributed by atoms with E-state index in [1.54, 1.807) is 8.20 Å². The minimum Gasteiger partial charge on any atom is -0.0688 e. The molecule has 0 aromatic rings. The van der Waals surface area contributed by atoms with Crippen molar-refractivity contribution in [1.82, 2.24) is 0 Å². The summed E-state index contributed by atoms with van der Waals surface area (Å²) in [6.45, 7) is 6.96. The van der Waals surface area contributed by atoms with Crippen molar-refractivity contribution in [1.29, 1.82) is 0 Å². The lowest BCUT2D eigenvalue weighted by molar-refractivity contribution is 0.554. The molecule has 0 atom stereocenters. The summed E-state index contributed by atoms with van der Waals surface area (Å²) in [6, 6.07) is 0. The maximum atomic E-state index is 2.32. The minimum atomic E-state index is 1.37. The standard InChI is InChI=1S/C39H75P/c1-4-7-10-13-16-19-22-25-28-31-34-37-38(35-32-29-26-23-20-17-14-11-8-5-2)40-39(37)36-33-30-27-24-21-18-15-12-9-6-3/h4-36H2,1-3H3. The summed E-state index contributed by atoms with van der Waals surface area (Å²) in [4.78, 5) is 0. The zero-order valence-corrected chi connectivity index (χ0v) is 29.2. The molecule has 1 aliphatic heterocycles. The fourth-order valence-corrected chi connectivity index (χ4v) is 7.92. The van der Waals surface area contributed by atoms with Gasteiger partial charge in [0.15, 0.2) is 0 Å². The lowest BCUT2D eigenvalue weighted by Crippen LogP contribution is -2.10. The SMILES string of the molecule is CCCCCCCCCCCCC1=PC(CCCCCCCCCCCC)=C1CCCCCCCCCCCC. The van der Waals surface area contributed by atoms with E-state index in [0.29, 0.717) is 0 Å². The highest BCUT2D eigenvalue weighted by molar-refractivity contribution is 7.49. The number of rotatable bonds is 33. The van der Waals surface area contributed by atoms with Gasteiger partial charge in [-0.3, -0.25) is 0 Å². The lowest BCUT2D eigenvalue weighted by atomic mass is 9.96. The van der Waals surface area contributed by atoms with E-state index < -0.39 is 0 Å². The molecule has 0 bridgehead atoms. The average molecular weight is 575 g/mol. The highest BCUT2D eigenvalue weighted by atomic mass is 31.1. The van der Waals surface area contributed by atoms with Crippen LogP contribution in [-0.4, -0.2) is 5.29 Å². The Bertz CT molecular complexity index is 586. The van der Waals surface area contributed by atoms with E-state index in [2.05, 4.69) is 20.8 Å². The Balaban J connectivity index is 2.21. The number of hydrogen-bond acceptors (Lipinski definition) is 0. The van der Waals surface area contributed by atoms with Crippen LogP contribution in [0.5, 0.6) is 0 Å². The smallest absolute Gasteiger partial charge is 0.0165 e. The van der Waals surface area contributed by atoms with Gasteiger partial charge in [0.2, 0.25) is 0 Å². The van der Waals surface area contributed by atoms with Crippen molar-refractivity contribution in [2.75, 3.05) is 0 Å². The van der Waals surface area contributed by atoms with E-state index in [1.807, 2.05) is 16.2 Å². The monoisotopic (exact) mass is 575 g/mol. The quantitative estimate of drug-likeness (QED) is 0.0540. The summed E-state index contributed by atoms with van der Waals surface area (Å²) in [6.07, 6.45) is 47.9. The largest absolute Gasteiger partial charge is 0.0688 e. The van der Waals surface area contributed by atoms with E-state index in [9.17, 15) is 0 Å². The van der Waals surface area contributed by atoms with Crippen molar-refractivity contribution in [2.24, 2.45) is 0 Å². The van der Waals surface area contributed by atoms with E-state index in [1.165, 1.54) is 212 Å². The molecule has 0 amide bonds. The third kappa shape index (κ3) is 22.5. The van der Waals surface area contributed by atoms with Crippen LogP contribution in [-0.2, 0) is 0 Å². The minimum absolute atomic E-state index is 1.37. The third-order valence-electron chi connectivity index (χ3n) is 9.28. The highest BCUT2D eigenvalue weighted by Crippen LogP contribution is 2.41. The van der Waals surface area contributed by atoms with Crippen molar-refractivity contribution in [2.45, 2.75) is 233 Å². The van der Waals surface area contributed by atoms with Gasteiger partial charge >= 0.3 is 0 Å². The van der Waals surface area contributed by atoms with Crippen molar-refractivity contribution >= 4 is 13.5 Å². The van der Waals surface area contributed by atoms with Gasteiger partial charge in [-0.2, -0.15) is 0 Å². The molecule has 1 heteroatoms. The summed E-state index contributed by atoms with van der Waals surface area (Å²) in [5.41, 5.74) is 1.87. The Hall–Kier alpha value is -0.0900. The van der Waals surface area contributed by atoms with E-state index in [4.69, 9.17) is 0 Å². The zero-order valence-electron chi connectivity index (χ0n) is 28.3. The first-order valence-electron chi connectivity index (χ1n) is 19.1. The summed E-state index contributed by atoms with van der Waals surface area (Å²) in [5.74, 6) is 0. The van der Waals surface area contributed by atoms with Crippen molar-refractivity contribution < 1.29 is 0 Å². The second-order valence-electron chi connectivity index (χ2n) is 13.3. The Labute approximate surface area is 256 Å². The molecule has 0 aromatic carbocycles. The lowest BCUT2D eigenvalue weighted by Gasteiger charge is -2.24. The van der Waals surface area contributed by atoms with Gasteiger partial charge in [-0.05, 0) is 54.7 Å². The first-order chi connectivity index (χ1) is 19.8. The van der Waals surface area contributed by atoms with Crippen LogP contribution in [0.3, 0.4) is 0 Å². The van der Waals surface area contributed by atoms with Crippen LogP contribution in [0.2, 0.25) is 0 Å². The van der Waals surface area contributed by atoms with Gasteiger partial charge in [-0.15, -0.1) is 0 Å². The van der Waals surface area contributed by atoms with E-state index in [-0.39, 0.29) is 0 Å². The number of hydrogen-bond donors (Lipinski definition) is 0. The van der Waals surface area contributed by atoms with Crippen molar-refractivity contribution in [3.05, 3.63) is 10.9 Å². The fourth-order valence-electron chi connectivity index (χ4n) is 6.46. The number of unbranched alkanes of at least 4 members (excludes halogenated alkanes) is 27. The van der Waals surface area contributed by atoms with Crippen LogP contribution in [0.15, 0.2) is 10.9 Å². The first-order valence-corrected chi connectivity index (χ1v) is 20.0. The zero-order chi connectivity index (χ0) is 28.8. The summed E-state index contributed by atoms with van der Waals surface area (Å²) in [7, 11) is 1.67. The van der Waals surface area contributed by atoms with Crippen LogP contribution in [0.25, 0.3) is 0 Å². The Morgan fingerprint density at radius 3 is 0.925 bits per heavy atom. The second kappa shape index (κ2) is 30.4. The molecule has 1 heterocycles. The van der Waals surface area contributed by atoms with Crippen LogP contribution in [0.1, 0.15) is 233 Å². The normalized spacial score (nSPS) is 13.6. The molecule has 0 spiro atoms. The summed E-state index contributed by atoms with van der Waals surface area (Å²) < 4.78 is 0. The predicted molar refractivity (Wildman–Crippen MR) is 188 cm³/mol. The molecule has 1 rings (SSSR count). The fraction of sp³-hybridized carbons (Fsp3) is 0.923. The molecule has 0 nitrogen and oxygen atoms in total. The van der Waals surface area contributed by atoms with E-state index >= 15 is 0 Å². The first kappa shape index (κ1) is 37.9. The maximum absolute atomic E-state index is 2.32. The average Bonchev–Trinajstić information content (AvgIpc) is 2.96. The van der Waals surface area contributed by atoms with Crippen molar-refractivity contribution in [3.63, 3.8) is 0 Å². The topological polar surface area (TPSA) is 0 Å². The molecule has 0 aromatic heterocycles. The Morgan fingerprint density at radius 1 is 0.300 bits per heavy atom. The molecular formula is C39H75P. The number of allylic oxidation sites excluding steroid dienone is 2. The maximum Gasteiger partial charge on any atom is -0.0165 e. The van der Waals surface area contributed by atoms with Crippen molar-refractivity contribution in [3.8, 4) is 0 Å². The van der Waals surface area contributed by atoms with Crippen LogP contribution < -0.4 is 0 Å². The second-order valence-corrected chi connectivity index (χ2v) is 14.6. The molecule has 40 heavy (non-hydrogen) atoms. The van der Waals surface area contributed by atoms with E-state index in [0.717, 1.165) is 0 Å². The van der Waals surface area contributed by atoms with Gasteiger partial charge in [0.05, 0.1) is 0 Å². The molecule has 0 aliphatic carbocycles. The molecule has 1 aliphatic rings. The van der Waals surface area contributed by atoms with Gasteiger partial charge < -0.3 is 0 Å². The molecule has 0 saturated carbocycles. The molecule has 236 valence electrons. The van der Waals surface area contributed by atoms with Gasteiger partial charge in [0.1, 0.15) is 0 Å². The van der Waals surface area contributed by atoms with Crippen LogP contribution >= 0.6 is 8.20 Å². The summed E-state index contributed by atoms with van der Waals surface area (Å²) in [5, 5.41) is 3.72. The molecule has 0 saturated heterocycles. The Kier molecular flexibility index (Phi) is 28.8.